The van der Waals surface area contributed by atoms with Crippen molar-refractivity contribution >= 4 is 33.7 Å². The number of hydrogen-bond donors (Lipinski definition) is 0. The first-order valence-electron chi connectivity index (χ1n) is 4.79. The minimum absolute atomic E-state index is 0.224. The highest BCUT2D eigenvalue weighted by atomic mass is 35.5. The minimum Gasteiger partial charge on any atom is -0.276 e. The molecule has 1 rings (SSSR count). The summed E-state index contributed by atoms with van der Waals surface area (Å²) in [5.41, 5.74) is 3.80. The molecule has 0 heterocycles. The fourth-order valence-electron chi connectivity index (χ4n) is 1.80. The van der Waals surface area contributed by atoms with Crippen molar-refractivity contribution in [3.8, 4) is 0 Å². The maximum atomic E-state index is 11.4. The molecule has 0 amide bonds. The number of hydrogen-bond acceptors (Lipinski definition) is 2. The monoisotopic (exact) mass is 258 g/mol. The van der Waals surface area contributed by atoms with E-state index < -0.39 is 10.5 Å². The maximum Gasteiger partial charge on any atom is 0.253 e. The van der Waals surface area contributed by atoms with Crippen LogP contribution >= 0.6 is 23.2 Å². The molecule has 0 aliphatic carbocycles. The highest BCUT2D eigenvalue weighted by Gasteiger charge is 2.22. The molecule has 0 N–H and O–H groups in total. The Bertz CT molecular complexity index is 446. The summed E-state index contributed by atoms with van der Waals surface area (Å²) in [5, 5.41) is -1.29. The third-order valence-corrected chi connectivity index (χ3v) is 3.46. The molecule has 0 unspecified atom stereocenters. The molecule has 0 aliphatic heterocycles. The third-order valence-electron chi connectivity index (χ3n) is 3.08. The molecule has 0 aliphatic rings. The van der Waals surface area contributed by atoms with Crippen LogP contribution < -0.4 is 0 Å². The van der Waals surface area contributed by atoms with E-state index in [0.717, 1.165) is 11.1 Å². The van der Waals surface area contributed by atoms with E-state index in [0.29, 0.717) is 11.1 Å². The second kappa shape index (κ2) is 4.56. The number of halogens is 2. The van der Waals surface area contributed by atoms with Crippen LogP contribution in [0.15, 0.2) is 0 Å². The zero-order valence-electron chi connectivity index (χ0n) is 9.57. The molecule has 16 heavy (non-hydrogen) atoms. The lowest BCUT2D eigenvalue weighted by molar-refractivity contribution is 0.105. The molecule has 86 valence electrons. The van der Waals surface area contributed by atoms with Crippen LogP contribution in [0.3, 0.4) is 0 Å². The summed E-state index contributed by atoms with van der Waals surface area (Å²) in [7, 11) is 0. The summed E-state index contributed by atoms with van der Waals surface area (Å²) in [6, 6.07) is 0. The van der Waals surface area contributed by atoms with Gasteiger partial charge in [0.25, 0.3) is 10.5 Å². The number of carbonyl (C=O) groups is 2. The van der Waals surface area contributed by atoms with Gasteiger partial charge in [0.15, 0.2) is 0 Å². The minimum atomic E-state index is -0.646. The topological polar surface area (TPSA) is 34.1 Å². The van der Waals surface area contributed by atoms with Gasteiger partial charge >= 0.3 is 0 Å². The summed E-state index contributed by atoms with van der Waals surface area (Å²) in [6.45, 7) is 7.31. The molecule has 0 radical (unpaired) electrons. The lowest BCUT2D eigenvalue weighted by Crippen LogP contribution is -2.10. The molecule has 1 aromatic rings. The Morgan fingerprint density at radius 1 is 0.688 bits per heavy atom. The first-order valence-corrected chi connectivity index (χ1v) is 5.54. The van der Waals surface area contributed by atoms with Crippen molar-refractivity contribution in [2.75, 3.05) is 0 Å². The van der Waals surface area contributed by atoms with E-state index in [-0.39, 0.29) is 11.1 Å². The Morgan fingerprint density at radius 3 is 1.12 bits per heavy atom. The first-order chi connectivity index (χ1) is 7.29. The predicted octanol–water partition coefficient (Wildman–Crippen LogP) is 3.68. The molecule has 0 spiro atoms. The van der Waals surface area contributed by atoms with Crippen LogP contribution in [0.1, 0.15) is 43.0 Å². The van der Waals surface area contributed by atoms with Gasteiger partial charge in [-0.15, -0.1) is 0 Å². The van der Waals surface area contributed by atoms with E-state index in [9.17, 15) is 9.59 Å². The van der Waals surface area contributed by atoms with Gasteiger partial charge < -0.3 is 0 Å². The quantitative estimate of drug-likeness (QED) is 0.759. The van der Waals surface area contributed by atoms with Crippen LogP contribution in [0, 0.1) is 27.7 Å². The number of rotatable bonds is 2. The lowest BCUT2D eigenvalue weighted by atomic mass is 9.90. The van der Waals surface area contributed by atoms with Crippen LogP contribution in [0.2, 0.25) is 0 Å². The van der Waals surface area contributed by atoms with Gasteiger partial charge in [-0.2, -0.15) is 0 Å². The van der Waals surface area contributed by atoms with Crippen LogP contribution in [-0.2, 0) is 0 Å². The number of benzene rings is 1. The zero-order chi connectivity index (χ0) is 12.6. The Balaban J connectivity index is 3.83. The lowest BCUT2D eigenvalue weighted by Gasteiger charge is -2.16. The number of carbonyl (C=O) groups excluding carboxylic acids is 2. The van der Waals surface area contributed by atoms with Gasteiger partial charge in [-0.25, -0.2) is 0 Å². The van der Waals surface area contributed by atoms with Gasteiger partial charge in [-0.3, -0.25) is 9.59 Å². The average Bonchev–Trinajstić information content (AvgIpc) is 2.18. The van der Waals surface area contributed by atoms with Crippen molar-refractivity contribution in [1.29, 1.82) is 0 Å². The van der Waals surface area contributed by atoms with Crippen molar-refractivity contribution in [3.63, 3.8) is 0 Å². The predicted molar refractivity (Wildman–Crippen MR) is 65.8 cm³/mol. The zero-order valence-corrected chi connectivity index (χ0v) is 11.1. The van der Waals surface area contributed by atoms with Crippen LogP contribution in [0.4, 0.5) is 0 Å². The van der Waals surface area contributed by atoms with E-state index in [2.05, 4.69) is 0 Å². The summed E-state index contributed by atoms with van der Waals surface area (Å²) in [4.78, 5) is 22.7. The summed E-state index contributed by atoms with van der Waals surface area (Å²) in [5.74, 6) is 0. The third kappa shape index (κ3) is 2.00. The normalized spacial score (nSPS) is 10.4. The molecule has 0 bridgehead atoms. The van der Waals surface area contributed by atoms with Gasteiger partial charge in [-0.05, 0) is 73.2 Å². The van der Waals surface area contributed by atoms with Crippen LogP contribution in [0.5, 0.6) is 0 Å². The summed E-state index contributed by atoms with van der Waals surface area (Å²) < 4.78 is 0. The molecular formula is C12H12Cl2O2. The SMILES string of the molecule is Cc1c(C)c(C)c(C(=O)Cl)c(C(=O)Cl)c1C. The van der Waals surface area contributed by atoms with E-state index in [1.807, 2.05) is 13.8 Å². The van der Waals surface area contributed by atoms with E-state index in [1.54, 1.807) is 13.8 Å². The molecular weight excluding hydrogens is 247 g/mol. The van der Waals surface area contributed by atoms with Crippen LogP contribution in [-0.4, -0.2) is 10.5 Å². The van der Waals surface area contributed by atoms with E-state index in [4.69, 9.17) is 23.2 Å². The molecule has 0 atom stereocenters. The second-order valence-corrected chi connectivity index (χ2v) is 4.48. The molecule has 0 saturated heterocycles. The van der Waals surface area contributed by atoms with Crippen molar-refractivity contribution in [2.24, 2.45) is 0 Å². The summed E-state index contributed by atoms with van der Waals surface area (Å²) >= 11 is 11.0. The fraction of sp³-hybridized carbons (Fsp3) is 0.333. The van der Waals surface area contributed by atoms with E-state index in [1.165, 1.54) is 0 Å². The molecule has 1 aromatic carbocycles. The van der Waals surface area contributed by atoms with Gasteiger partial charge in [0.1, 0.15) is 0 Å². The van der Waals surface area contributed by atoms with Crippen molar-refractivity contribution in [2.45, 2.75) is 27.7 Å². The Hall–Kier alpha value is -0.860. The van der Waals surface area contributed by atoms with Crippen molar-refractivity contribution < 1.29 is 9.59 Å². The highest BCUT2D eigenvalue weighted by molar-refractivity contribution is 6.72. The van der Waals surface area contributed by atoms with E-state index >= 15 is 0 Å². The maximum absolute atomic E-state index is 11.4. The van der Waals surface area contributed by atoms with Crippen molar-refractivity contribution in [3.05, 3.63) is 33.4 Å². The largest absolute Gasteiger partial charge is 0.276 e. The van der Waals surface area contributed by atoms with Gasteiger partial charge in [0, 0.05) is 11.1 Å². The Morgan fingerprint density at radius 2 is 0.938 bits per heavy atom. The average molecular weight is 259 g/mol. The van der Waals surface area contributed by atoms with Crippen LogP contribution in [0.25, 0.3) is 0 Å². The smallest absolute Gasteiger partial charge is 0.253 e. The van der Waals surface area contributed by atoms with Gasteiger partial charge in [0.2, 0.25) is 0 Å². The molecule has 0 fully saturated rings. The second-order valence-electron chi connectivity index (χ2n) is 3.80. The molecule has 0 saturated carbocycles. The van der Waals surface area contributed by atoms with Crippen molar-refractivity contribution in [1.82, 2.24) is 0 Å². The Kier molecular flexibility index (Phi) is 3.76. The molecule has 4 heteroatoms. The fourth-order valence-corrected chi connectivity index (χ4v) is 2.28. The standard InChI is InChI=1S/C12H12Cl2O2/c1-5-6(2)8(4)10(12(14)16)9(7(5)3)11(13)15/h1-4H3. The molecule has 0 aromatic heterocycles. The first kappa shape index (κ1) is 13.2. The van der Waals surface area contributed by atoms with Gasteiger partial charge in [-0.1, -0.05) is 0 Å². The highest BCUT2D eigenvalue weighted by Crippen LogP contribution is 2.28. The van der Waals surface area contributed by atoms with Gasteiger partial charge in [0.05, 0.1) is 0 Å². The molecule has 2 nitrogen and oxygen atoms in total. The Labute approximate surface area is 105 Å². The summed E-state index contributed by atoms with van der Waals surface area (Å²) in [6.07, 6.45) is 0.